The second kappa shape index (κ2) is 9.63. The van der Waals surface area contributed by atoms with Crippen LogP contribution in [0.25, 0.3) is 0 Å². The molecule has 4 aliphatic rings. The van der Waals surface area contributed by atoms with Crippen molar-refractivity contribution in [2.75, 3.05) is 7.11 Å². The summed E-state index contributed by atoms with van der Waals surface area (Å²) in [6.45, 7) is 10.2. The topological polar surface area (TPSA) is 86.7 Å². The molecule has 10 atom stereocenters. The third kappa shape index (κ3) is 4.27. The van der Waals surface area contributed by atoms with Crippen LogP contribution in [0.3, 0.4) is 0 Å². The second-order valence-corrected chi connectivity index (χ2v) is 12.6. The molecule has 0 radical (unpaired) electrons. The zero-order valence-electron chi connectivity index (χ0n) is 22.4. The molecular weight excluding hydrogens is 444 g/mol. The number of hydrogen-bond acceptors (Lipinski definition) is 6. The first-order chi connectivity index (χ1) is 16.5. The van der Waals surface area contributed by atoms with E-state index in [1.165, 1.54) is 14.0 Å². The normalized spacial score (nSPS) is 43.5. The highest BCUT2D eigenvalue weighted by atomic mass is 16.5. The van der Waals surface area contributed by atoms with Crippen LogP contribution in [0.1, 0.15) is 92.4 Å². The number of fused-ring (bicyclic) bond motifs is 5. The van der Waals surface area contributed by atoms with Gasteiger partial charge in [0.1, 0.15) is 17.7 Å². The van der Waals surface area contributed by atoms with E-state index in [2.05, 4.69) is 27.7 Å². The summed E-state index contributed by atoms with van der Waals surface area (Å²) in [4.78, 5) is 51.5. The van der Waals surface area contributed by atoms with Crippen molar-refractivity contribution in [3.8, 4) is 0 Å². The first-order valence-corrected chi connectivity index (χ1v) is 13.8. The summed E-state index contributed by atoms with van der Waals surface area (Å²) in [5, 5.41) is 0. The van der Waals surface area contributed by atoms with Gasteiger partial charge >= 0.3 is 11.9 Å². The molecule has 0 aromatic rings. The highest BCUT2D eigenvalue weighted by Gasteiger charge is 2.67. The van der Waals surface area contributed by atoms with E-state index in [4.69, 9.17) is 9.47 Å². The Balaban J connectivity index is 1.63. The molecule has 6 heteroatoms. The van der Waals surface area contributed by atoms with Gasteiger partial charge in [0.15, 0.2) is 0 Å². The average molecular weight is 489 g/mol. The van der Waals surface area contributed by atoms with Gasteiger partial charge in [-0.25, -0.2) is 0 Å². The summed E-state index contributed by atoms with van der Waals surface area (Å²) in [5.74, 6) is 0.548. The molecule has 196 valence electrons. The van der Waals surface area contributed by atoms with E-state index in [0.29, 0.717) is 31.1 Å². The van der Waals surface area contributed by atoms with Crippen molar-refractivity contribution in [3.63, 3.8) is 0 Å². The average Bonchev–Trinajstić information content (AvgIpc) is 3.14. The van der Waals surface area contributed by atoms with Crippen molar-refractivity contribution in [1.29, 1.82) is 0 Å². The maximum Gasteiger partial charge on any atom is 0.305 e. The van der Waals surface area contributed by atoms with Crippen LogP contribution in [-0.2, 0) is 28.7 Å². The largest absolute Gasteiger partial charge is 0.469 e. The first kappa shape index (κ1) is 26.3. The fraction of sp³-hybridized carbons (Fsp3) is 0.862. The Kier molecular flexibility index (Phi) is 7.25. The van der Waals surface area contributed by atoms with Crippen LogP contribution in [0.4, 0.5) is 0 Å². The van der Waals surface area contributed by atoms with Crippen molar-refractivity contribution in [2.24, 2.45) is 52.3 Å². The molecule has 4 fully saturated rings. The number of Topliss-reactive ketones (excluding diaryl/α,β-unsaturated/α-hetero) is 2. The van der Waals surface area contributed by atoms with Crippen molar-refractivity contribution < 1.29 is 28.7 Å². The van der Waals surface area contributed by atoms with Gasteiger partial charge in [-0.05, 0) is 79.4 Å². The Hall–Kier alpha value is -1.72. The molecule has 0 aromatic carbocycles. The van der Waals surface area contributed by atoms with Gasteiger partial charge in [-0.3, -0.25) is 19.2 Å². The third-order valence-electron chi connectivity index (χ3n) is 10.9. The Morgan fingerprint density at radius 2 is 1.80 bits per heavy atom. The van der Waals surface area contributed by atoms with Crippen LogP contribution in [0.5, 0.6) is 0 Å². The molecule has 4 rings (SSSR count). The Labute approximate surface area is 210 Å². The van der Waals surface area contributed by atoms with E-state index in [-0.39, 0.29) is 70.0 Å². The lowest BCUT2D eigenvalue weighted by Gasteiger charge is -2.61. The minimum atomic E-state index is -0.269. The molecule has 0 aliphatic heterocycles. The smallest absolute Gasteiger partial charge is 0.305 e. The van der Waals surface area contributed by atoms with Gasteiger partial charge in [-0.1, -0.05) is 27.7 Å². The molecule has 4 unspecified atom stereocenters. The lowest BCUT2D eigenvalue weighted by molar-refractivity contribution is -0.183. The Bertz CT molecular complexity index is 880. The number of carbonyl (C=O) groups excluding carboxylic acids is 4. The molecule has 4 saturated carbocycles. The van der Waals surface area contributed by atoms with Crippen LogP contribution in [0, 0.1) is 52.3 Å². The molecule has 4 aliphatic carbocycles. The molecule has 0 heterocycles. The highest BCUT2D eigenvalue weighted by molar-refractivity contribution is 5.95. The highest BCUT2D eigenvalue weighted by Crippen LogP contribution is 2.67. The predicted octanol–water partition coefficient (Wildman–Crippen LogP) is 5.16. The minimum Gasteiger partial charge on any atom is -0.469 e. The van der Waals surface area contributed by atoms with E-state index >= 15 is 0 Å². The number of carbonyl (C=O) groups is 4. The molecule has 0 saturated heterocycles. The Morgan fingerprint density at radius 3 is 2.43 bits per heavy atom. The summed E-state index contributed by atoms with van der Waals surface area (Å²) in [7, 11) is 1.42. The van der Waals surface area contributed by atoms with Crippen LogP contribution in [-0.4, -0.2) is 36.7 Å². The molecule has 35 heavy (non-hydrogen) atoms. The lowest BCUT2D eigenvalue weighted by atomic mass is 9.41. The van der Waals surface area contributed by atoms with Crippen molar-refractivity contribution >= 4 is 23.5 Å². The SMILES string of the molecule is CC[C@H]1C(=O)C2C3CCC([C@H](C)CCC(=O)OC)[C@@]3(C)CC(=O)C2[C@@]2(C)CC[C@@H](OC(C)=O)C[C@@H]12. The van der Waals surface area contributed by atoms with E-state index in [1.807, 2.05) is 0 Å². The van der Waals surface area contributed by atoms with Crippen molar-refractivity contribution in [2.45, 2.75) is 98.5 Å². The number of esters is 2. The number of ether oxygens (including phenoxy) is 2. The first-order valence-electron chi connectivity index (χ1n) is 13.8. The second-order valence-electron chi connectivity index (χ2n) is 12.6. The maximum atomic E-state index is 14.2. The maximum absolute atomic E-state index is 14.2. The number of ketones is 2. The van der Waals surface area contributed by atoms with E-state index in [0.717, 1.165) is 38.5 Å². The molecule has 0 bridgehead atoms. The van der Waals surface area contributed by atoms with Crippen LogP contribution in [0.15, 0.2) is 0 Å². The van der Waals surface area contributed by atoms with Gasteiger partial charge in [0.25, 0.3) is 0 Å². The van der Waals surface area contributed by atoms with Gasteiger partial charge in [-0.15, -0.1) is 0 Å². The molecule has 0 aromatic heterocycles. The summed E-state index contributed by atoms with van der Waals surface area (Å²) >= 11 is 0. The Morgan fingerprint density at radius 1 is 1.09 bits per heavy atom. The molecule has 0 spiro atoms. The third-order valence-corrected chi connectivity index (χ3v) is 10.9. The number of hydrogen-bond donors (Lipinski definition) is 0. The quantitative estimate of drug-likeness (QED) is 0.480. The fourth-order valence-corrected chi connectivity index (χ4v) is 9.40. The monoisotopic (exact) mass is 488 g/mol. The predicted molar refractivity (Wildman–Crippen MR) is 131 cm³/mol. The van der Waals surface area contributed by atoms with E-state index < -0.39 is 0 Å². The molecular formula is C29H44O6. The molecule has 0 amide bonds. The van der Waals surface area contributed by atoms with Gasteiger partial charge < -0.3 is 9.47 Å². The van der Waals surface area contributed by atoms with Gasteiger partial charge in [0, 0.05) is 37.5 Å². The summed E-state index contributed by atoms with van der Waals surface area (Å²) in [5.41, 5.74) is -0.414. The van der Waals surface area contributed by atoms with Gasteiger partial charge in [0.05, 0.1) is 7.11 Å². The standard InChI is InChI=1S/C29H44O6/c1-7-19-22-14-18(35-17(3)30)12-13-28(22,4)26-23(31)15-29(5)20(16(2)8-11-24(32)34-6)9-10-21(29)25(26)27(19)33/h16,18-22,25-26H,7-15H2,1-6H3/t16-,18-,19-,20?,21?,22+,25?,26?,28+,29-/m1/s1. The molecule has 6 nitrogen and oxygen atoms in total. The zero-order chi connectivity index (χ0) is 25.7. The summed E-state index contributed by atoms with van der Waals surface area (Å²) < 4.78 is 10.4. The lowest BCUT2D eigenvalue weighted by Crippen LogP contribution is -2.63. The van der Waals surface area contributed by atoms with Crippen molar-refractivity contribution in [1.82, 2.24) is 0 Å². The van der Waals surface area contributed by atoms with E-state index in [1.54, 1.807) is 0 Å². The summed E-state index contributed by atoms with van der Waals surface area (Å²) in [6.07, 6.45) is 6.58. The van der Waals surface area contributed by atoms with Crippen LogP contribution < -0.4 is 0 Å². The van der Waals surface area contributed by atoms with Crippen LogP contribution >= 0.6 is 0 Å². The summed E-state index contributed by atoms with van der Waals surface area (Å²) in [6, 6.07) is 0. The van der Waals surface area contributed by atoms with Crippen molar-refractivity contribution in [3.05, 3.63) is 0 Å². The van der Waals surface area contributed by atoms with Gasteiger partial charge in [-0.2, -0.15) is 0 Å². The zero-order valence-corrected chi connectivity index (χ0v) is 22.4. The fourth-order valence-electron chi connectivity index (χ4n) is 9.40. The number of methoxy groups -OCH3 is 1. The van der Waals surface area contributed by atoms with Gasteiger partial charge in [0.2, 0.25) is 0 Å². The van der Waals surface area contributed by atoms with E-state index in [9.17, 15) is 19.2 Å². The van der Waals surface area contributed by atoms with Crippen LogP contribution in [0.2, 0.25) is 0 Å². The number of rotatable bonds is 6. The molecule has 0 N–H and O–H groups in total. The minimum absolute atomic E-state index is 0.0782.